The first-order chi connectivity index (χ1) is 12.5. The normalized spacial score (nSPS) is 25.0. The molecule has 0 aliphatic carbocycles. The molecule has 4 nitrogen and oxygen atoms in total. The number of nitrogens with zero attached hydrogens (tertiary/aromatic N) is 1. The van der Waals surface area contributed by atoms with Crippen molar-refractivity contribution < 1.29 is 14.6 Å². The Balaban J connectivity index is 1.96. The molecule has 2 aliphatic rings. The van der Waals surface area contributed by atoms with Crippen molar-refractivity contribution in [1.82, 2.24) is 4.90 Å². The molecule has 4 heteroatoms. The summed E-state index contributed by atoms with van der Waals surface area (Å²) >= 11 is 0. The van der Waals surface area contributed by atoms with Crippen LogP contribution in [0, 0.1) is 11.8 Å². The number of fused-ring (bicyclic) bond motifs is 2. The number of carboxylic acid groups (broad SMARTS) is 1. The van der Waals surface area contributed by atoms with Gasteiger partial charge in [0.15, 0.2) is 6.61 Å². The van der Waals surface area contributed by atoms with Gasteiger partial charge in [-0.25, -0.2) is 4.79 Å². The van der Waals surface area contributed by atoms with Crippen LogP contribution in [-0.2, 0) is 16.0 Å². The summed E-state index contributed by atoms with van der Waals surface area (Å²) < 4.78 is 5.66. The van der Waals surface area contributed by atoms with Crippen molar-refractivity contribution >= 4 is 5.97 Å². The average Bonchev–Trinajstić information content (AvgIpc) is 2.75. The van der Waals surface area contributed by atoms with Crippen LogP contribution in [0.15, 0.2) is 65.7 Å². The number of carboxylic acids is 1. The highest BCUT2D eigenvalue weighted by molar-refractivity contribution is 5.68. The summed E-state index contributed by atoms with van der Waals surface area (Å²) in [4.78, 5) is 13.3. The minimum Gasteiger partial charge on any atom is -0.486 e. The highest BCUT2D eigenvalue weighted by Crippen LogP contribution is 2.43. The third kappa shape index (κ3) is 3.55. The van der Waals surface area contributed by atoms with Crippen molar-refractivity contribution in [2.24, 2.45) is 11.8 Å². The SMILES string of the molecule is CCC1=C(Cc2ccccc2)N2C=CC=C(OCC(=O)O)C(C1C)C2C. The molecule has 138 valence electrons. The molecule has 2 heterocycles. The maximum absolute atomic E-state index is 11.0. The van der Waals surface area contributed by atoms with Crippen molar-refractivity contribution in [3.8, 4) is 0 Å². The number of benzene rings is 1. The van der Waals surface area contributed by atoms with Gasteiger partial charge in [-0.1, -0.05) is 44.2 Å². The standard InChI is InChI=1S/C22H27NO3/c1-4-18-15(2)22-16(3)23(12-8-11-20(22)26-14-21(24)25)19(18)13-17-9-6-5-7-10-17/h5-12,15-16,22H,4,13-14H2,1-3H3,(H,24,25). The molecular formula is C22H27NO3. The number of hydrogen-bond donors (Lipinski definition) is 1. The second-order valence-electron chi connectivity index (χ2n) is 7.04. The monoisotopic (exact) mass is 353 g/mol. The summed E-state index contributed by atoms with van der Waals surface area (Å²) in [5, 5.41) is 8.99. The molecule has 0 radical (unpaired) electrons. The fourth-order valence-electron chi connectivity index (χ4n) is 4.34. The minimum absolute atomic E-state index is 0.152. The summed E-state index contributed by atoms with van der Waals surface area (Å²) in [6.45, 7) is 6.35. The van der Waals surface area contributed by atoms with Gasteiger partial charge in [-0.3, -0.25) is 0 Å². The third-order valence-corrected chi connectivity index (χ3v) is 5.52. The van der Waals surface area contributed by atoms with Gasteiger partial charge in [-0.05, 0) is 42.6 Å². The van der Waals surface area contributed by atoms with Crippen LogP contribution in [0.2, 0.25) is 0 Å². The first-order valence-electron chi connectivity index (χ1n) is 9.30. The summed E-state index contributed by atoms with van der Waals surface area (Å²) in [6.07, 6.45) is 7.89. The molecule has 1 aromatic carbocycles. The lowest BCUT2D eigenvalue weighted by molar-refractivity contribution is -0.141. The molecule has 26 heavy (non-hydrogen) atoms. The van der Waals surface area contributed by atoms with Crippen LogP contribution in [0.3, 0.4) is 0 Å². The lowest BCUT2D eigenvalue weighted by Gasteiger charge is -2.45. The Labute approximate surface area is 155 Å². The number of carbonyl (C=O) groups is 1. The van der Waals surface area contributed by atoms with E-state index in [0.29, 0.717) is 5.92 Å². The number of ether oxygens (including phenoxy) is 1. The molecule has 3 unspecified atom stereocenters. The first kappa shape index (κ1) is 18.3. The quantitative estimate of drug-likeness (QED) is 0.825. The van der Waals surface area contributed by atoms with E-state index in [1.165, 1.54) is 16.8 Å². The van der Waals surface area contributed by atoms with Crippen molar-refractivity contribution in [2.45, 2.75) is 39.7 Å². The van der Waals surface area contributed by atoms with Gasteiger partial charge in [-0.2, -0.15) is 0 Å². The Kier molecular flexibility index (Phi) is 5.50. The van der Waals surface area contributed by atoms with Crippen LogP contribution in [-0.4, -0.2) is 28.6 Å². The van der Waals surface area contributed by atoms with Gasteiger partial charge < -0.3 is 14.7 Å². The molecule has 0 saturated carbocycles. The zero-order valence-electron chi connectivity index (χ0n) is 15.7. The number of rotatable bonds is 6. The molecule has 2 bridgehead atoms. The maximum atomic E-state index is 11.0. The fourth-order valence-corrected chi connectivity index (χ4v) is 4.34. The fraction of sp³-hybridized carbons (Fsp3) is 0.409. The Morgan fingerprint density at radius 3 is 2.62 bits per heavy atom. The first-order valence-corrected chi connectivity index (χ1v) is 9.30. The molecule has 3 rings (SSSR count). The summed E-state index contributed by atoms with van der Waals surface area (Å²) in [5.74, 6) is 0.294. The highest BCUT2D eigenvalue weighted by Gasteiger charge is 2.40. The van der Waals surface area contributed by atoms with E-state index in [1.807, 2.05) is 18.2 Å². The van der Waals surface area contributed by atoms with Gasteiger partial charge in [0.25, 0.3) is 0 Å². The van der Waals surface area contributed by atoms with Crippen LogP contribution >= 0.6 is 0 Å². The molecule has 2 aliphatic heterocycles. The van der Waals surface area contributed by atoms with E-state index in [4.69, 9.17) is 9.84 Å². The largest absolute Gasteiger partial charge is 0.486 e. The molecule has 0 amide bonds. The van der Waals surface area contributed by atoms with Crippen LogP contribution in [0.5, 0.6) is 0 Å². The number of hydrogen-bond acceptors (Lipinski definition) is 3. The molecule has 0 spiro atoms. The van der Waals surface area contributed by atoms with E-state index in [9.17, 15) is 4.79 Å². The average molecular weight is 353 g/mol. The zero-order chi connectivity index (χ0) is 18.7. The summed E-state index contributed by atoms with van der Waals surface area (Å²) in [5.41, 5.74) is 4.09. The molecule has 3 atom stereocenters. The van der Waals surface area contributed by atoms with Crippen LogP contribution < -0.4 is 0 Å². The molecule has 0 aromatic heterocycles. The van der Waals surface area contributed by atoms with E-state index < -0.39 is 5.97 Å². The van der Waals surface area contributed by atoms with Gasteiger partial charge in [0.2, 0.25) is 0 Å². The second kappa shape index (κ2) is 7.81. The highest BCUT2D eigenvalue weighted by atomic mass is 16.5. The van der Waals surface area contributed by atoms with E-state index >= 15 is 0 Å². The molecule has 0 fully saturated rings. The van der Waals surface area contributed by atoms with Crippen molar-refractivity contribution in [3.63, 3.8) is 0 Å². The molecule has 1 aromatic rings. The van der Waals surface area contributed by atoms with E-state index in [1.54, 1.807) is 0 Å². The number of aliphatic carboxylic acids is 1. The van der Waals surface area contributed by atoms with E-state index in [0.717, 1.165) is 18.6 Å². The van der Waals surface area contributed by atoms with Gasteiger partial charge in [-0.15, -0.1) is 0 Å². The predicted molar refractivity (Wildman–Crippen MR) is 102 cm³/mol. The Morgan fingerprint density at radius 2 is 1.96 bits per heavy atom. The lowest BCUT2D eigenvalue weighted by atomic mass is 9.75. The van der Waals surface area contributed by atoms with Crippen molar-refractivity contribution in [1.29, 1.82) is 0 Å². The minimum atomic E-state index is -0.942. The van der Waals surface area contributed by atoms with Crippen LogP contribution in [0.4, 0.5) is 0 Å². The van der Waals surface area contributed by atoms with Crippen LogP contribution in [0.25, 0.3) is 0 Å². The lowest BCUT2D eigenvalue weighted by Crippen LogP contribution is -2.44. The maximum Gasteiger partial charge on any atom is 0.341 e. The smallest absolute Gasteiger partial charge is 0.341 e. The van der Waals surface area contributed by atoms with Crippen molar-refractivity contribution in [3.05, 3.63) is 71.3 Å². The van der Waals surface area contributed by atoms with Crippen LogP contribution in [0.1, 0.15) is 32.8 Å². The molecule has 0 saturated heterocycles. The second-order valence-corrected chi connectivity index (χ2v) is 7.04. The molecule has 1 N–H and O–H groups in total. The topological polar surface area (TPSA) is 49.8 Å². The van der Waals surface area contributed by atoms with Gasteiger partial charge >= 0.3 is 5.97 Å². The Bertz CT molecular complexity index is 748. The Hall–Kier alpha value is -2.49. The Morgan fingerprint density at radius 1 is 1.23 bits per heavy atom. The summed E-state index contributed by atoms with van der Waals surface area (Å²) in [6, 6.07) is 10.8. The number of allylic oxidation sites excluding steroid dienone is 4. The van der Waals surface area contributed by atoms with E-state index in [-0.39, 0.29) is 18.6 Å². The van der Waals surface area contributed by atoms with Gasteiger partial charge in [0.1, 0.15) is 5.76 Å². The van der Waals surface area contributed by atoms with Gasteiger partial charge in [0, 0.05) is 30.3 Å². The zero-order valence-corrected chi connectivity index (χ0v) is 15.7. The van der Waals surface area contributed by atoms with Crippen molar-refractivity contribution in [2.75, 3.05) is 6.61 Å². The predicted octanol–water partition coefficient (Wildman–Crippen LogP) is 4.36. The third-order valence-electron chi connectivity index (χ3n) is 5.52. The van der Waals surface area contributed by atoms with E-state index in [2.05, 4.69) is 56.1 Å². The summed E-state index contributed by atoms with van der Waals surface area (Å²) in [7, 11) is 0. The van der Waals surface area contributed by atoms with Gasteiger partial charge in [0.05, 0.1) is 0 Å². The molecular weight excluding hydrogens is 326 g/mol.